The molecule has 4 heteroatoms. The van der Waals surface area contributed by atoms with Crippen molar-refractivity contribution in [1.82, 2.24) is 10.6 Å². The highest BCUT2D eigenvalue weighted by Crippen LogP contribution is 2.25. The van der Waals surface area contributed by atoms with Gasteiger partial charge in [-0.05, 0) is 24.5 Å². The molecule has 0 atom stereocenters. The van der Waals surface area contributed by atoms with Crippen molar-refractivity contribution in [3.63, 3.8) is 0 Å². The summed E-state index contributed by atoms with van der Waals surface area (Å²) < 4.78 is 0. The van der Waals surface area contributed by atoms with Gasteiger partial charge in [0.2, 0.25) is 11.6 Å². The van der Waals surface area contributed by atoms with Crippen LogP contribution in [0.2, 0.25) is 0 Å². The van der Waals surface area contributed by atoms with E-state index in [1.807, 2.05) is 60.7 Å². The Morgan fingerprint density at radius 1 is 0.786 bits per heavy atom. The number of Topliss-reactive ketones (excluding diaryl/α,β-unsaturated/α-hetero) is 2. The van der Waals surface area contributed by atoms with Gasteiger partial charge in [0.1, 0.15) is 0 Å². The Kier molecular flexibility index (Phi) is 6.22. The Labute approximate surface area is 165 Å². The van der Waals surface area contributed by atoms with E-state index in [-0.39, 0.29) is 11.6 Å². The van der Waals surface area contributed by atoms with Gasteiger partial charge in [0.25, 0.3) is 0 Å². The summed E-state index contributed by atoms with van der Waals surface area (Å²) >= 11 is 0. The van der Waals surface area contributed by atoms with Crippen molar-refractivity contribution in [2.45, 2.75) is 26.4 Å². The van der Waals surface area contributed by atoms with Crippen LogP contribution in [0.1, 0.15) is 24.5 Å². The lowest BCUT2D eigenvalue weighted by molar-refractivity contribution is -0.117. The Hall–Kier alpha value is -3.40. The molecule has 0 unspecified atom stereocenters. The maximum Gasteiger partial charge on any atom is 0.207 e. The van der Waals surface area contributed by atoms with E-state index in [9.17, 15) is 9.59 Å². The van der Waals surface area contributed by atoms with Gasteiger partial charge in [-0.25, -0.2) is 0 Å². The Morgan fingerprint density at radius 3 is 1.79 bits per heavy atom. The molecule has 0 bridgehead atoms. The van der Waals surface area contributed by atoms with Gasteiger partial charge in [0.15, 0.2) is 0 Å². The van der Waals surface area contributed by atoms with E-state index in [1.54, 1.807) is 13.0 Å². The molecule has 1 aliphatic carbocycles. The predicted octanol–water partition coefficient (Wildman–Crippen LogP) is 3.82. The van der Waals surface area contributed by atoms with Gasteiger partial charge in [-0.1, -0.05) is 66.7 Å². The topological polar surface area (TPSA) is 58.2 Å². The zero-order valence-corrected chi connectivity index (χ0v) is 16.0. The standard InChI is InChI=1S/C24H24N2O2/c1-3-10-20-22(26-16-19-13-8-5-9-14-19)23(27)17(2)21(24(20)28)25-15-18-11-6-4-7-12-18/h3-9,11-14,25-26H,1,10,15-16H2,2H3. The average molecular weight is 372 g/mol. The summed E-state index contributed by atoms with van der Waals surface area (Å²) in [6.45, 7) is 6.41. The van der Waals surface area contributed by atoms with Crippen molar-refractivity contribution in [2.24, 2.45) is 0 Å². The van der Waals surface area contributed by atoms with Crippen LogP contribution in [0.3, 0.4) is 0 Å². The highest BCUT2D eigenvalue weighted by Gasteiger charge is 2.31. The van der Waals surface area contributed by atoms with Crippen LogP contribution in [-0.2, 0) is 22.7 Å². The number of ketones is 2. The molecule has 0 aliphatic heterocycles. The molecule has 2 aromatic carbocycles. The maximum absolute atomic E-state index is 13.1. The largest absolute Gasteiger partial charge is 0.377 e. The molecule has 0 spiro atoms. The number of rotatable bonds is 8. The highest BCUT2D eigenvalue weighted by molar-refractivity contribution is 6.24. The lowest BCUT2D eigenvalue weighted by Gasteiger charge is -2.23. The zero-order chi connectivity index (χ0) is 19.9. The van der Waals surface area contributed by atoms with E-state index in [4.69, 9.17) is 0 Å². The van der Waals surface area contributed by atoms with Crippen molar-refractivity contribution in [3.8, 4) is 0 Å². The summed E-state index contributed by atoms with van der Waals surface area (Å²) in [5.74, 6) is -0.300. The van der Waals surface area contributed by atoms with Crippen LogP contribution >= 0.6 is 0 Å². The van der Waals surface area contributed by atoms with Gasteiger partial charge in [0, 0.05) is 24.2 Å². The third kappa shape index (κ3) is 4.29. The normalized spacial score (nSPS) is 14.3. The summed E-state index contributed by atoms with van der Waals surface area (Å²) in [7, 11) is 0. The number of benzene rings is 2. The first-order chi connectivity index (χ1) is 13.6. The van der Waals surface area contributed by atoms with E-state index in [0.29, 0.717) is 42.1 Å². The molecule has 0 aromatic heterocycles. The van der Waals surface area contributed by atoms with Crippen LogP contribution in [0, 0.1) is 0 Å². The summed E-state index contributed by atoms with van der Waals surface area (Å²) in [4.78, 5) is 26.1. The molecule has 28 heavy (non-hydrogen) atoms. The molecule has 0 saturated carbocycles. The van der Waals surface area contributed by atoms with E-state index in [1.165, 1.54) is 0 Å². The first kappa shape index (κ1) is 19.4. The Balaban J connectivity index is 1.82. The van der Waals surface area contributed by atoms with Crippen molar-refractivity contribution in [2.75, 3.05) is 0 Å². The molecular formula is C24H24N2O2. The molecule has 142 valence electrons. The fraction of sp³-hybridized carbons (Fsp3) is 0.167. The molecule has 3 rings (SSSR count). The van der Waals surface area contributed by atoms with Gasteiger partial charge in [-0.2, -0.15) is 0 Å². The van der Waals surface area contributed by atoms with Crippen LogP contribution in [0.4, 0.5) is 0 Å². The van der Waals surface area contributed by atoms with Crippen molar-refractivity contribution < 1.29 is 9.59 Å². The number of hydrogen-bond acceptors (Lipinski definition) is 4. The Bertz CT molecular complexity index is 941. The smallest absolute Gasteiger partial charge is 0.207 e. The SMILES string of the molecule is C=CCC1=C(NCc2ccccc2)C(=O)C(C)=C(NCc2ccccc2)C1=O. The van der Waals surface area contributed by atoms with Crippen LogP contribution < -0.4 is 10.6 Å². The fourth-order valence-corrected chi connectivity index (χ4v) is 3.18. The monoisotopic (exact) mass is 372 g/mol. The maximum atomic E-state index is 13.1. The lowest BCUT2D eigenvalue weighted by Crippen LogP contribution is -2.35. The number of nitrogens with one attached hydrogen (secondary N) is 2. The number of hydrogen-bond donors (Lipinski definition) is 2. The van der Waals surface area contributed by atoms with Crippen molar-refractivity contribution in [3.05, 3.63) is 107 Å². The molecule has 1 aliphatic rings. The molecule has 0 amide bonds. The lowest BCUT2D eigenvalue weighted by atomic mass is 9.89. The van der Waals surface area contributed by atoms with Crippen LogP contribution in [0.25, 0.3) is 0 Å². The van der Waals surface area contributed by atoms with Gasteiger partial charge >= 0.3 is 0 Å². The quantitative estimate of drug-likeness (QED) is 0.546. The van der Waals surface area contributed by atoms with E-state index in [2.05, 4.69) is 17.2 Å². The number of carbonyl (C=O) groups excluding carboxylic acids is 2. The van der Waals surface area contributed by atoms with Crippen molar-refractivity contribution >= 4 is 11.6 Å². The van der Waals surface area contributed by atoms with Gasteiger partial charge in [0.05, 0.1) is 11.4 Å². The molecule has 4 nitrogen and oxygen atoms in total. The number of allylic oxidation sites excluding steroid dienone is 3. The van der Waals surface area contributed by atoms with Crippen LogP contribution in [-0.4, -0.2) is 11.6 Å². The summed E-state index contributed by atoms with van der Waals surface area (Å²) in [5, 5.41) is 6.34. The second-order valence-corrected chi connectivity index (χ2v) is 6.68. The van der Waals surface area contributed by atoms with E-state index in [0.717, 1.165) is 11.1 Å². The molecule has 0 heterocycles. The third-order valence-corrected chi connectivity index (χ3v) is 4.72. The summed E-state index contributed by atoms with van der Waals surface area (Å²) in [6.07, 6.45) is 1.99. The Morgan fingerprint density at radius 2 is 1.29 bits per heavy atom. The minimum Gasteiger partial charge on any atom is -0.377 e. The number of carbonyl (C=O) groups is 2. The van der Waals surface area contributed by atoms with E-state index < -0.39 is 0 Å². The highest BCUT2D eigenvalue weighted by atomic mass is 16.1. The molecule has 2 N–H and O–H groups in total. The third-order valence-electron chi connectivity index (χ3n) is 4.72. The van der Waals surface area contributed by atoms with Gasteiger partial charge in [-0.3, -0.25) is 9.59 Å². The molecular weight excluding hydrogens is 348 g/mol. The second kappa shape index (κ2) is 9.00. The first-order valence-corrected chi connectivity index (χ1v) is 9.31. The summed E-state index contributed by atoms with van der Waals surface area (Å²) in [6, 6.07) is 19.6. The minimum absolute atomic E-state index is 0.150. The molecule has 2 aromatic rings. The van der Waals surface area contributed by atoms with Crippen molar-refractivity contribution in [1.29, 1.82) is 0 Å². The molecule has 0 fully saturated rings. The van der Waals surface area contributed by atoms with Crippen LogP contribution in [0.5, 0.6) is 0 Å². The second-order valence-electron chi connectivity index (χ2n) is 6.68. The zero-order valence-electron chi connectivity index (χ0n) is 16.0. The van der Waals surface area contributed by atoms with Crippen LogP contribution in [0.15, 0.2) is 95.9 Å². The summed E-state index contributed by atoms with van der Waals surface area (Å²) in [5.41, 5.74) is 3.72. The van der Waals surface area contributed by atoms with Gasteiger partial charge in [-0.15, -0.1) is 6.58 Å². The van der Waals surface area contributed by atoms with E-state index >= 15 is 0 Å². The minimum atomic E-state index is -0.150. The first-order valence-electron chi connectivity index (χ1n) is 9.31. The average Bonchev–Trinajstić information content (AvgIpc) is 2.73. The predicted molar refractivity (Wildman–Crippen MR) is 111 cm³/mol. The fourth-order valence-electron chi connectivity index (χ4n) is 3.18. The molecule has 0 radical (unpaired) electrons. The van der Waals surface area contributed by atoms with Gasteiger partial charge < -0.3 is 10.6 Å². The molecule has 0 saturated heterocycles.